The summed E-state index contributed by atoms with van der Waals surface area (Å²) in [6.45, 7) is 4.36. The Morgan fingerprint density at radius 2 is 1.50 bits per heavy atom. The van der Waals surface area contributed by atoms with Crippen molar-refractivity contribution in [2.24, 2.45) is 0 Å². The molecular formula is C16H17NO3. The third-order valence-corrected chi connectivity index (χ3v) is 3.07. The second-order valence-electron chi connectivity index (χ2n) is 4.25. The first-order valence-corrected chi connectivity index (χ1v) is 6.58. The van der Waals surface area contributed by atoms with Crippen LogP contribution in [0.1, 0.15) is 29.8 Å². The lowest BCUT2D eigenvalue weighted by Gasteiger charge is -2.08. The fourth-order valence-corrected chi connectivity index (χ4v) is 2.21. The minimum Gasteiger partial charge on any atom is -0.508 e. The van der Waals surface area contributed by atoms with Crippen LogP contribution in [0.5, 0.6) is 11.5 Å². The Morgan fingerprint density at radius 3 is 2.20 bits per heavy atom. The van der Waals surface area contributed by atoms with Crippen LogP contribution in [0.25, 0.3) is 11.1 Å². The number of phenols is 2. The monoisotopic (exact) mass is 271 g/mol. The zero-order chi connectivity index (χ0) is 14.7. The van der Waals surface area contributed by atoms with Crippen molar-refractivity contribution < 1.29 is 15.0 Å². The third kappa shape index (κ3) is 2.45. The van der Waals surface area contributed by atoms with Gasteiger partial charge < -0.3 is 15.5 Å². The van der Waals surface area contributed by atoms with Crippen LogP contribution in [0.15, 0.2) is 36.4 Å². The Morgan fingerprint density at radius 1 is 0.900 bits per heavy atom. The minimum absolute atomic E-state index is 0.0612. The van der Waals surface area contributed by atoms with Gasteiger partial charge in [0.2, 0.25) is 0 Å². The van der Waals surface area contributed by atoms with Gasteiger partial charge in [0, 0.05) is 6.54 Å². The van der Waals surface area contributed by atoms with Gasteiger partial charge in [0.25, 0.3) is 5.91 Å². The summed E-state index contributed by atoms with van der Waals surface area (Å²) in [7, 11) is 0. The molecule has 2 aromatic carbocycles. The highest BCUT2D eigenvalue weighted by atomic mass is 16.3. The van der Waals surface area contributed by atoms with Crippen LogP contribution in [0.3, 0.4) is 0 Å². The molecule has 20 heavy (non-hydrogen) atoms. The number of phenolic OH excluding ortho intramolecular Hbond substituents is 2. The second kappa shape index (κ2) is 5.65. The lowest BCUT2D eigenvalue weighted by molar-refractivity contribution is 0.0952. The lowest BCUT2D eigenvalue weighted by Crippen LogP contribution is -2.21. The van der Waals surface area contributed by atoms with Gasteiger partial charge in [-0.15, -0.1) is 0 Å². The summed E-state index contributed by atoms with van der Waals surface area (Å²) in [6, 6.07) is 9.72. The van der Waals surface area contributed by atoms with Crippen molar-refractivity contribution >= 4 is 5.91 Å². The van der Waals surface area contributed by atoms with Crippen molar-refractivity contribution in [1.29, 1.82) is 0 Å². The first-order valence-electron chi connectivity index (χ1n) is 6.58. The average Bonchev–Trinajstić information content (AvgIpc) is 2.59. The predicted octanol–water partition coefficient (Wildman–Crippen LogP) is 3.03. The maximum absolute atomic E-state index is 11.9. The van der Waals surface area contributed by atoms with E-state index in [-0.39, 0.29) is 17.4 Å². The van der Waals surface area contributed by atoms with Crippen LogP contribution in [0, 0.1) is 0 Å². The zero-order valence-electron chi connectivity index (χ0n) is 11.5. The number of fused-ring (bicyclic) bond motifs is 3. The number of rotatable bonds is 0. The van der Waals surface area contributed by atoms with Crippen molar-refractivity contribution in [2.75, 3.05) is 0 Å². The number of carbonyl (C=O) groups excluding carboxylic acids is 1. The lowest BCUT2D eigenvalue weighted by atomic mass is 9.96. The molecule has 0 saturated heterocycles. The van der Waals surface area contributed by atoms with Crippen molar-refractivity contribution in [2.45, 2.75) is 20.4 Å². The van der Waals surface area contributed by atoms with Crippen molar-refractivity contribution in [3.05, 3.63) is 47.5 Å². The Hall–Kier alpha value is -2.49. The van der Waals surface area contributed by atoms with Crippen LogP contribution >= 0.6 is 0 Å². The molecule has 0 atom stereocenters. The molecule has 3 N–H and O–H groups in total. The first kappa shape index (κ1) is 13.9. The zero-order valence-corrected chi connectivity index (χ0v) is 11.5. The van der Waals surface area contributed by atoms with E-state index in [0.717, 1.165) is 16.7 Å². The SMILES string of the molecule is CC.O=C1NCc2cc(O)ccc2-c2ccc(O)cc21. The minimum atomic E-state index is -0.225. The molecule has 1 aliphatic rings. The highest BCUT2D eigenvalue weighted by Crippen LogP contribution is 2.33. The van der Waals surface area contributed by atoms with Crippen LogP contribution in [0.2, 0.25) is 0 Å². The molecule has 1 amide bonds. The Labute approximate surface area is 117 Å². The number of amides is 1. The molecule has 0 fully saturated rings. The van der Waals surface area contributed by atoms with E-state index >= 15 is 0 Å². The van der Waals surface area contributed by atoms with Crippen LogP contribution in [-0.4, -0.2) is 16.1 Å². The smallest absolute Gasteiger partial charge is 0.252 e. The van der Waals surface area contributed by atoms with Crippen LogP contribution < -0.4 is 5.32 Å². The summed E-state index contributed by atoms with van der Waals surface area (Å²) in [5.74, 6) is 0.00736. The molecule has 2 aromatic rings. The molecular weight excluding hydrogens is 254 g/mol. The number of hydrogen-bond acceptors (Lipinski definition) is 3. The Bertz CT molecular complexity index is 650. The van der Waals surface area contributed by atoms with E-state index in [0.29, 0.717) is 12.1 Å². The fourth-order valence-electron chi connectivity index (χ4n) is 2.21. The number of hydrogen-bond donors (Lipinski definition) is 3. The maximum atomic E-state index is 11.9. The molecule has 104 valence electrons. The highest BCUT2D eigenvalue weighted by Gasteiger charge is 2.20. The van der Waals surface area contributed by atoms with Gasteiger partial charge in [-0.1, -0.05) is 19.9 Å². The number of benzene rings is 2. The quantitative estimate of drug-likeness (QED) is 0.689. The molecule has 0 aromatic heterocycles. The van der Waals surface area contributed by atoms with Gasteiger partial charge in [0.1, 0.15) is 11.5 Å². The molecule has 3 rings (SSSR count). The van der Waals surface area contributed by atoms with E-state index in [2.05, 4.69) is 5.32 Å². The summed E-state index contributed by atoms with van der Waals surface area (Å²) in [5.41, 5.74) is 2.95. The summed E-state index contributed by atoms with van der Waals surface area (Å²) in [4.78, 5) is 11.9. The number of aromatic hydroxyl groups is 2. The van der Waals surface area contributed by atoms with E-state index in [1.807, 2.05) is 13.8 Å². The number of carbonyl (C=O) groups is 1. The topological polar surface area (TPSA) is 69.6 Å². The molecule has 0 unspecified atom stereocenters. The van der Waals surface area contributed by atoms with Gasteiger partial charge in [-0.25, -0.2) is 0 Å². The average molecular weight is 271 g/mol. The Kier molecular flexibility index (Phi) is 3.94. The van der Waals surface area contributed by atoms with Gasteiger partial charge in [0.15, 0.2) is 0 Å². The molecule has 0 aliphatic carbocycles. The summed E-state index contributed by atoms with van der Waals surface area (Å²) in [5, 5.41) is 21.7. The molecule has 1 heterocycles. The molecule has 0 saturated carbocycles. The first-order chi connectivity index (χ1) is 9.65. The molecule has 4 heteroatoms. The van der Waals surface area contributed by atoms with Crippen molar-refractivity contribution in [3.63, 3.8) is 0 Å². The molecule has 0 spiro atoms. The van der Waals surface area contributed by atoms with Crippen LogP contribution in [-0.2, 0) is 6.54 Å². The largest absolute Gasteiger partial charge is 0.508 e. The summed E-state index contributed by atoms with van der Waals surface area (Å²) < 4.78 is 0. The Balaban J connectivity index is 0.000000704. The van der Waals surface area contributed by atoms with Gasteiger partial charge in [-0.3, -0.25) is 4.79 Å². The van der Waals surface area contributed by atoms with E-state index in [9.17, 15) is 15.0 Å². The summed E-state index contributed by atoms with van der Waals surface area (Å²) >= 11 is 0. The van der Waals surface area contributed by atoms with E-state index in [1.54, 1.807) is 30.3 Å². The van der Waals surface area contributed by atoms with E-state index < -0.39 is 0 Å². The molecule has 4 nitrogen and oxygen atoms in total. The predicted molar refractivity (Wildman–Crippen MR) is 77.7 cm³/mol. The van der Waals surface area contributed by atoms with Gasteiger partial charge >= 0.3 is 0 Å². The van der Waals surface area contributed by atoms with E-state index in [1.165, 1.54) is 6.07 Å². The van der Waals surface area contributed by atoms with Crippen molar-refractivity contribution in [3.8, 4) is 22.6 Å². The maximum Gasteiger partial charge on any atom is 0.252 e. The van der Waals surface area contributed by atoms with E-state index in [4.69, 9.17) is 0 Å². The van der Waals surface area contributed by atoms with Gasteiger partial charge in [-0.05, 0) is 47.0 Å². The number of nitrogens with one attached hydrogen (secondary N) is 1. The normalized spacial score (nSPS) is 12.2. The van der Waals surface area contributed by atoms with Gasteiger partial charge in [0.05, 0.1) is 5.56 Å². The second-order valence-corrected chi connectivity index (χ2v) is 4.25. The molecule has 1 aliphatic heterocycles. The standard InChI is InChI=1S/C14H11NO3.C2H6/c16-9-1-3-11-8(5-9)7-15-14(18)13-6-10(17)2-4-12(11)13;1-2/h1-6,16-17H,7H2,(H,15,18);1-2H3. The third-order valence-electron chi connectivity index (χ3n) is 3.07. The molecule has 0 radical (unpaired) electrons. The van der Waals surface area contributed by atoms with Crippen LogP contribution in [0.4, 0.5) is 0 Å². The van der Waals surface area contributed by atoms with Gasteiger partial charge in [-0.2, -0.15) is 0 Å². The van der Waals surface area contributed by atoms with Crippen molar-refractivity contribution in [1.82, 2.24) is 5.32 Å². The summed E-state index contributed by atoms with van der Waals surface area (Å²) in [6.07, 6.45) is 0. The molecule has 0 bridgehead atoms. The fraction of sp³-hybridized carbons (Fsp3) is 0.188. The highest BCUT2D eigenvalue weighted by molar-refractivity contribution is 6.02.